The Morgan fingerprint density at radius 1 is 1.08 bits per heavy atom. The lowest BCUT2D eigenvalue weighted by Gasteiger charge is -2.25. The Kier molecular flexibility index (Phi) is 7.36. The Bertz CT molecular complexity index is 632. The Hall–Kier alpha value is -1.55. The van der Waals surface area contributed by atoms with E-state index in [9.17, 15) is 9.59 Å². The molecule has 0 bridgehead atoms. The van der Waals surface area contributed by atoms with Crippen LogP contribution in [0.4, 0.5) is 0 Å². The van der Waals surface area contributed by atoms with Crippen LogP contribution in [-0.4, -0.2) is 23.1 Å². The van der Waals surface area contributed by atoms with Gasteiger partial charge in [0.05, 0.1) is 0 Å². The molecule has 1 atom stereocenters. The number of allylic oxidation sites excluding steroid dienone is 2. The number of ketones is 1. The van der Waals surface area contributed by atoms with Crippen molar-refractivity contribution in [2.75, 3.05) is 0 Å². The van der Waals surface area contributed by atoms with Crippen molar-refractivity contribution in [1.29, 1.82) is 0 Å². The van der Waals surface area contributed by atoms with Gasteiger partial charge in [-0.05, 0) is 56.6 Å². The minimum atomic E-state index is -0.228. The normalized spacial score (nSPS) is 19.7. The minimum Gasteiger partial charge on any atom is -0.462 e. The summed E-state index contributed by atoms with van der Waals surface area (Å²) in [4.78, 5) is 24.6. The van der Waals surface area contributed by atoms with Crippen molar-refractivity contribution in [3.8, 4) is 0 Å². The van der Waals surface area contributed by atoms with Gasteiger partial charge in [-0.2, -0.15) is 0 Å². The summed E-state index contributed by atoms with van der Waals surface area (Å²) < 4.78 is 5.84. The van der Waals surface area contributed by atoms with E-state index in [1.54, 1.807) is 17.8 Å². The first-order valence-electron chi connectivity index (χ1n) is 9.79. The fourth-order valence-electron chi connectivity index (χ4n) is 3.67. The molecule has 1 fully saturated rings. The summed E-state index contributed by atoms with van der Waals surface area (Å²) in [6.07, 6.45) is 10.5. The number of ether oxygens (including phenoxy) is 1. The van der Waals surface area contributed by atoms with Crippen molar-refractivity contribution >= 4 is 23.5 Å². The summed E-state index contributed by atoms with van der Waals surface area (Å²) in [5.41, 5.74) is 2.31. The van der Waals surface area contributed by atoms with Crippen molar-refractivity contribution in [2.45, 2.75) is 74.9 Å². The highest BCUT2D eigenvalue weighted by molar-refractivity contribution is 7.99. The van der Waals surface area contributed by atoms with Gasteiger partial charge < -0.3 is 4.74 Å². The van der Waals surface area contributed by atoms with Gasteiger partial charge in [-0.25, -0.2) is 0 Å². The van der Waals surface area contributed by atoms with E-state index in [1.165, 1.54) is 12.0 Å². The van der Waals surface area contributed by atoms with Crippen LogP contribution in [0.3, 0.4) is 0 Å². The van der Waals surface area contributed by atoms with Gasteiger partial charge in [0.2, 0.25) is 0 Å². The highest BCUT2D eigenvalue weighted by Crippen LogP contribution is 2.30. The van der Waals surface area contributed by atoms with E-state index >= 15 is 0 Å². The Morgan fingerprint density at radius 3 is 2.58 bits per heavy atom. The molecule has 0 radical (unpaired) electrons. The summed E-state index contributed by atoms with van der Waals surface area (Å²) in [5.74, 6) is 0.877. The molecule has 0 aromatic heterocycles. The summed E-state index contributed by atoms with van der Waals surface area (Å²) >= 11 is 1.64. The van der Waals surface area contributed by atoms with Gasteiger partial charge in [-0.15, -0.1) is 11.8 Å². The predicted molar refractivity (Wildman–Crippen MR) is 106 cm³/mol. The molecule has 0 saturated heterocycles. The molecule has 0 amide bonds. The van der Waals surface area contributed by atoms with E-state index in [4.69, 9.17) is 4.74 Å². The second-order valence-electron chi connectivity index (χ2n) is 7.31. The van der Waals surface area contributed by atoms with Crippen LogP contribution in [0.5, 0.6) is 0 Å². The topological polar surface area (TPSA) is 43.4 Å². The van der Waals surface area contributed by atoms with Crippen LogP contribution in [0, 0.1) is 0 Å². The van der Waals surface area contributed by atoms with Crippen LogP contribution in [-0.2, 0) is 20.1 Å². The third-order valence-electron chi connectivity index (χ3n) is 5.13. The summed E-state index contributed by atoms with van der Waals surface area (Å²) in [6.45, 7) is 0. The average Bonchev–Trinajstić information content (AvgIpc) is 2.67. The van der Waals surface area contributed by atoms with E-state index in [-0.39, 0.29) is 23.1 Å². The number of benzene rings is 1. The second kappa shape index (κ2) is 9.96. The highest BCUT2D eigenvalue weighted by Gasteiger charge is 2.27. The zero-order valence-corrected chi connectivity index (χ0v) is 16.1. The number of hydrogen-bond acceptors (Lipinski definition) is 4. The van der Waals surface area contributed by atoms with Crippen LogP contribution >= 0.6 is 11.8 Å². The predicted octanol–water partition coefficient (Wildman–Crippen LogP) is 5.23. The first-order valence-corrected chi connectivity index (χ1v) is 10.8. The van der Waals surface area contributed by atoms with Gasteiger partial charge in [-0.3, -0.25) is 9.59 Å². The molecule has 4 heteroatoms. The third kappa shape index (κ3) is 6.01. The first-order chi connectivity index (χ1) is 12.7. The first kappa shape index (κ1) is 19.2. The number of esters is 1. The molecular formula is C22H28O3S. The number of carbonyl (C=O) groups excluding carboxylic acids is 2. The molecule has 1 aromatic carbocycles. The number of thioether (sulfide) groups is 1. The second-order valence-corrected chi connectivity index (χ2v) is 8.50. The molecule has 0 spiro atoms. The van der Waals surface area contributed by atoms with E-state index < -0.39 is 0 Å². The zero-order chi connectivity index (χ0) is 18.2. The zero-order valence-electron chi connectivity index (χ0n) is 15.3. The van der Waals surface area contributed by atoms with Gasteiger partial charge in [0, 0.05) is 12.2 Å². The maximum atomic E-state index is 12.8. The fourth-order valence-corrected chi connectivity index (χ4v) is 4.77. The quantitative estimate of drug-likeness (QED) is 0.614. The fraction of sp³-hybridized carbons (Fsp3) is 0.545. The van der Waals surface area contributed by atoms with Crippen LogP contribution in [0.15, 0.2) is 42.0 Å². The molecular weight excluding hydrogens is 344 g/mol. The lowest BCUT2D eigenvalue weighted by molar-refractivity contribution is -0.149. The molecule has 0 heterocycles. The van der Waals surface area contributed by atoms with Crippen LogP contribution < -0.4 is 0 Å². The molecule has 2 aliphatic carbocycles. The molecule has 0 N–H and O–H groups in total. The van der Waals surface area contributed by atoms with Gasteiger partial charge >= 0.3 is 5.97 Å². The van der Waals surface area contributed by atoms with Crippen molar-refractivity contribution in [1.82, 2.24) is 0 Å². The smallest absolute Gasteiger partial charge is 0.319 e. The van der Waals surface area contributed by atoms with Gasteiger partial charge in [-0.1, -0.05) is 42.3 Å². The molecule has 3 nitrogen and oxygen atoms in total. The summed E-state index contributed by atoms with van der Waals surface area (Å²) in [5, 5.41) is -0.228. The van der Waals surface area contributed by atoms with Gasteiger partial charge in [0.25, 0.3) is 0 Å². The maximum absolute atomic E-state index is 12.8. The molecule has 1 saturated carbocycles. The Balaban J connectivity index is 1.63. The lowest BCUT2D eigenvalue weighted by atomic mass is 9.95. The van der Waals surface area contributed by atoms with Gasteiger partial charge in [0.1, 0.15) is 11.4 Å². The van der Waals surface area contributed by atoms with E-state index in [0.29, 0.717) is 12.8 Å². The van der Waals surface area contributed by atoms with E-state index in [2.05, 4.69) is 12.1 Å². The number of hydrogen-bond donors (Lipinski definition) is 0. The lowest BCUT2D eigenvalue weighted by Crippen LogP contribution is -2.28. The van der Waals surface area contributed by atoms with Crippen molar-refractivity contribution < 1.29 is 14.3 Å². The van der Waals surface area contributed by atoms with Crippen LogP contribution in [0.1, 0.15) is 63.4 Å². The molecule has 26 heavy (non-hydrogen) atoms. The summed E-state index contributed by atoms with van der Waals surface area (Å²) in [7, 11) is 0. The number of rotatable bonds is 7. The summed E-state index contributed by atoms with van der Waals surface area (Å²) in [6, 6.07) is 10.2. The SMILES string of the molecule is O=C1C=C(C[C@@H](SCc2ccccc2)C(=O)OC2CCCCC2)CCC1. The van der Waals surface area contributed by atoms with Gasteiger partial charge in [0.15, 0.2) is 5.78 Å². The number of carbonyl (C=O) groups is 2. The largest absolute Gasteiger partial charge is 0.462 e. The standard InChI is InChI=1S/C22H28O3S/c23-19-11-7-10-18(14-19)15-21(26-16-17-8-3-1-4-9-17)22(24)25-20-12-5-2-6-13-20/h1,3-4,8-9,14,20-21H,2,5-7,10-13,15-16H2/t21-/m1/s1. The molecule has 1 aromatic rings. The third-order valence-corrected chi connectivity index (χ3v) is 6.39. The van der Waals surface area contributed by atoms with E-state index in [0.717, 1.165) is 49.9 Å². The Labute approximate surface area is 160 Å². The molecule has 140 valence electrons. The molecule has 0 aliphatic heterocycles. The monoisotopic (exact) mass is 372 g/mol. The maximum Gasteiger partial charge on any atom is 0.319 e. The molecule has 3 rings (SSSR count). The van der Waals surface area contributed by atoms with Crippen LogP contribution in [0.2, 0.25) is 0 Å². The van der Waals surface area contributed by atoms with Crippen molar-refractivity contribution in [3.05, 3.63) is 47.5 Å². The Morgan fingerprint density at radius 2 is 1.85 bits per heavy atom. The van der Waals surface area contributed by atoms with Crippen LogP contribution in [0.25, 0.3) is 0 Å². The molecule has 0 unspecified atom stereocenters. The van der Waals surface area contributed by atoms with Crippen molar-refractivity contribution in [2.24, 2.45) is 0 Å². The highest BCUT2D eigenvalue weighted by atomic mass is 32.2. The minimum absolute atomic E-state index is 0.0815. The average molecular weight is 373 g/mol. The van der Waals surface area contributed by atoms with Crippen molar-refractivity contribution in [3.63, 3.8) is 0 Å². The molecule has 2 aliphatic rings. The van der Waals surface area contributed by atoms with E-state index in [1.807, 2.05) is 18.2 Å².